The van der Waals surface area contributed by atoms with Gasteiger partial charge >= 0.3 is 0 Å². The Hall–Kier alpha value is -0.960. The maximum Gasteiger partial charge on any atom is 0.263 e. The van der Waals surface area contributed by atoms with Crippen LogP contribution in [0.4, 0.5) is 5.69 Å². The molecule has 2 aromatic rings. The first-order chi connectivity index (χ1) is 10.0. The van der Waals surface area contributed by atoms with Crippen molar-refractivity contribution >= 4 is 43.0 Å². The SMILES string of the molecule is CCCNCc1cc(S(=O)(=O)Nc2cccnc2)c(Br)s1. The van der Waals surface area contributed by atoms with Gasteiger partial charge in [-0.15, -0.1) is 11.3 Å². The number of anilines is 1. The zero-order valence-electron chi connectivity index (χ0n) is 11.5. The summed E-state index contributed by atoms with van der Waals surface area (Å²) in [5, 5.41) is 3.26. The molecule has 2 heterocycles. The molecule has 0 aliphatic rings. The zero-order valence-corrected chi connectivity index (χ0v) is 14.7. The number of nitrogens with zero attached hydrogens (tertiary/aromatic N) is 1. The van der Waals surface area contributed by atoms with E-state index in [2.05, 4.69) is 37.9 Å². The molecule has 0 radical (unpaired) electrons. The third-order valence-corrected chi connectivity index (χ3v) is 6.27. The lowest BCUT2D eigenvalue weighted by Crippen LogP contribution is -2.14. The Morgan fingerprint density at radius 1 is 1.43 bits per heavy atom. The molecule has 114 valence electrons. The molecule has 0 spiro atoms. The highest BCUT2D eigenvalue weighted by Crippen LogP contribution is 2.32. The molecule has 0 atom stereocenters. The van der Waals surface area contributed by atoms with Gasteiger partial charge in [0, 0.05) is 17.6 Å². The lowest BCUT2D eigenvalue weighted by molar-refractivity contribution is 0.601. The van der Waals surface area contributed by atoms with Crippen molar-refractivity contribution in [3.63, 3.8) is 0 Å². The summed E-state index contributed by atoms with van der Waals surface area (Å²) in [7, 11) is -3.61. The van der Waals surface area contributed by atoms with E-state index in [-0.39, 0.29) is 4.90 Å². The average Bonchev–Trinajstić information content (AvgIpc) is 2.82. The Labute approximate surface area is 137 Å². The number of thiophene rings is 1. The van der Waals surface area contributed by atoms with Gasteiger partial charge in [-0.05, 0) is 47.1 Å². The molecule has 0 aliphatic carbocycles. The minimum absolute atomic E-state index is 0.254. The molecule has 2 N–H and O–H groups in total. The first-order valence-corrected chi connectivity index (χ1v) is 9.54. The molecule has 0 unspecified atom stereocenters. The molecule has 0 saturated carbocycles. The van der Waals surface area contributed by atoms with Gasteiger partial charge in [0.1, 0.15) is 4.90 Å². The van der Waals surface area contributed by atoms with Gasteiger partial charge < -0.3 is 5.32 Å². The smallest absolute Gasteiger partial charge is 0.263 e. The van der Waals surface area contributed by atoms with Crippen molar-refractivity contribution < 1.29 is 8.42 Å². The number of nitrogens with one attached hydrogen (secondary N) is 2. The van der Waals surface area contributed by atoms with Crippen molar-refractivity contribution in [3.05, 3.63) is 39.3 Å². The van der Waals surface area contributed by atoms with Gasteiger partial charge in [0.05, 0.1) is 15.7 Å². The highest BCUT2D eigenvalue weighted by atomic mass is 79.9. The van der Waals surface area contributed by atoms with E-state index in [4.69, 9.17) is 0 Å². The summed E-state index contributed by atoms with van der Waals surface area (Å²) >= 11 is 4.75. The molecule has 5 nitrogen and oxygen atoms in total. The molecule has 0 fully saturated rings. The number of pyridine rings is 1. The number of halogens is 1. The van der Waals surface area contributed by atoms with Crippen molar-refractivity contribution in [1.29, 1.82) is 0 Å². The van der Waals surface area contributed by atoms with Crippen LogP contribution in [0.5, 0.6) is 0 Å². The van der Waals surface area contributed by atoms with E-state index >= 15 is 0 Å². The summed E-state index contributed by atoms with van der Waals surface area (Å²) in [6, 6.07) is 5.03. The van der Waals surface area contributed by atoms with Crippen LogP contribution in [-0.4, -0.2) is 19.9 Å². The van der Waals surface area contributed by atoms with Crippen molar-refractivity contribution in [2.24, 2.45) is 0 Å². The van der Waals surface area contributed by atoms with Gasteiger partial charge in [-0.2, -0.15) is 0 Å². The quantitative estimate of drug-likeness (QED) is 0.713. The second kappa shape index (κ2) is 7.35. The number of sulfonamides is 1. The largest absolute Gasteiger partial charge is 0.312 e. The first kappa shape index (κ1) is 16.4. The monoisotopic (exact) mass is 389 g/mol. The molecule has 2 rings (SSSR count). The summed E-state index contributed by atoms with van der Waals surface area (Å²) in [5.74, 6) is 0. The fourth-order valence-corrected chi connectivity index (χ4v) is 5.39. The predicted molar refractivity (Wildman–Crippen MR) is 89.1 cm³/mol. The third-order valence-electron chi connectivity index (χ3n) is 2.64. The molecule has 21 heavy (non-hydrogen) atoms. The van der Waals surface area contributed by atoms with Gasteiger partial charge in [0.2, 0.25) is 0 Å². The number of rotatable bonds is 7. The molecule has 2 aromatic heterocycles. The highest BCUT2D eigenvalue weighted by Gasteiger charge is 2.21. The Kier molecular flexibility index (Phi) is 5.74. The lowest BCUT2D eigenvalue weighted by Gasteiger charge is -2.06. The van der Waals surface area contributed by atoms with Crippen LogP contribution in [0.2, 0.25) is 0 Å². The minimum atomic E-state index is -3.61. The number of hydrogen-bond donors (Lipinski definition) is 2. The van der Waals surface area contributed by atoms with Crippen LogP contribution in [0.3, 0.4) is 0 Å². The van der Waals surface area contributed by atoms with E-state index in [1.807, 2.05) is 0 Å². The Morgan fingerprint density at radius 3 is 2.90 bits per heavy atom. The van der Waals surface area contributed by atoms with Crippen LogP contribution in [-0.2, 0) is 16.6 Å². The molecule has 0 aromatic carbocycles. The topological polar surface area (TPSA) is 71.1 Å². The Balaban J connectivity index is 2.16. The van der Waals surface area contributed by atoms with Crippen LogP contribution >= 0.6 is 27.3 Å². The van der Waals surface area contributed by atoms with E-state index < -0.39 is 10.0 Å². The summed E-state index contributed by atoms with van der Waals surface area (Å²) in [4.78, 5) is 5.12. The van der Waals surface area contributed by atoms with Gasteiger partial charge in [0.15, 0.2) is 0 Å². The van der Waals surface area contributed by atoms with E-state index in [0.717, 1.165) is 17.8 Å². The maximum absolute atomic E-state index is 12.4. The normalized spacial score (nSPS) is 11.5. The number of aromatic nitrogens is 1. The molecular weight excluding hydrogens is 374 g/mol. The fourth-order valence-electron chi connectivity index (χ4n) is 1.69. The van der Waals surface area contributed by atoms with Gasteiger partial charge in [-0.3, -0.25) is 9.71 Å². The maximum atomic E-state index is 12.4. The predicted octanol–water partition coefficient (Wildman–Crippen LogP) is 3.21. The Bertz CT molecular complexity index is 687. The standard InChI is InChI=1S/C13H16BrN3O2S2/c1-2-5-15-9-11-7-12(13(14)20-11)21(18,19)17-10-4-3-6-16-8-10/h3-4,6-8,15,17H,2,5,9H2,1H3. The van der Waals surface area contributed by atoms with E-state index in [9.17, 15) is 8.42 Å². The van der Waals surface area contributed by atoms with Crippen LogP contribution in [0.1, 0.15) is 18.2 Å². The molecular formula is C13H16BrN3O2S2. The molecule has 0 saturated heterocycles. The van der Waals surface area contributed by atoms with Crippen LogP contribution in [0.15, 0.2) is 39.3 Å². The molecule has 0 amide bonds. The van der Waals surface area contributed by atoms with Crippen molar-refractivity contribution in [2.45, 2.75) is 24.8 Å². The molecule has 8 heteroatoms. The summed E-state index contributed by atoms with van der Waals surface area (Å²) < 4.78 is 27.9. The first-order valence-electron chi connectivity index (χ1n) is 6.44. The Morgan fingerprint density at radius 2 is 2.24 bits per heavy atom. The highest BCUT2D eigenvalue weighted by molar-refractivity contribution is 9.11. The summed E-state index contributed by atoms with van der Waals surface area (Å²) in [6.07, 6.45) is 4.11. The van der Waals surface area contributed by atoms with Gasteiger partial charge in [0.25, 0.3) is 10.0 Å². The zero-order chi connectivity index (χ0) is 15.3. The fraction of sp³-hybridized carbons (Fsp3) is 0.308. The van der Waals surface area contributed by atoms with Crippen LogP contribution < -0.4 is 10.0 Å². The average molecular weight is 390 g/mol. The van der Waals surface area contributed by atoms with E-state index in [1.54, 1.807) is 24.4 Å². The van der Waals surface area contributed by atoms with Crippen molar-refractivity contribution in [3.8, 4) is 0 Å². The molecule has 0 aliphatic heterocycles. The van der Waals surface area contributed by atoms with E-state index in [1.165, 1.54) is 17.5 Å². The van der Waals surface area contributed by atoms with Crippen LogP contribution in [0, 0.1) is 0 Å². The number of hydrogen-bond acceptors (Lipinski definition) is 5. The van der Waals surface area contributed by atoms with Gasteiger partial charge in [-0.1, -0.05) is 6.92 Å². The second-order valence-electron chi connectivity index (χ2n) is 4.37. The van der Waals surface area contributed by atoms with E-state index in [0.29, 0.717) is 16.0 Å². The van der Waals surface area contributed by atoms with Crippen molar-refractivity contribution in [2.75, 3.05) is 11.3 Å². The second-order valence-corrected chi connectivity index (χ2v) is 8.48. The summed E-state index contributed by atoms with van der Waals surface area (Å²) in [6.45, 7) is 3.66. The summed E-state index contributed by atoms with van der Waals surface area (Å²) in [5.41, 5.74) is 0.446. The lowest BCUT2D eigenvalue weighted by atomic mass is 10.4. The van der Waals surface area contributed by atoms with Crippen molar-refractivity contribution in [1.82, 2.24) is 10.3 Å². The molecule has 0 bridgehead atoms. The third kappa shape index (κ3) is 4.50. The van der Waals surface area contributed by atoms with Gasteiger partial charge in [-0.25, -0.2) is 8.42 Å². The van der Waals surface area contributed by atoms with Crippen LogP contribution in [0.25, 0.3) is 0 Å². The minimum Gasteiger partial charge on any atom is -0.312 e.